The van der Waals surface area contributed by atoms with Gasteiger partial charge in [-0.2, -0.15) is 0 Å². The van der Waals surface area contributed by atoms with Crippen molar-refractivity contribution in [3.05, 3.63) is 35.2 Å². The molecular formula is C19H29N3O3S2. The van der Waals surface area contributed by atoms with Crippen LogP contribution < -0.4 is 10.6 Å². The Morgan fingerprint density at radius 1 is 1.30 bits per heavy atom. The third-order valence-corrected chi connectivity index (χ3v) is 6.51. The monoisotopic (exact) mass is 411 g/mol. The number of fused-ring (bicyclic) bond motifs is 1. The number of aliphatic hydroxyl groups is 1. The van der Waals surface area contributed by atoms with Crippen LogP contribution in [0, 0.1) is 5.41 Å². The molecule has 8 heteroatoms. The highest BCUT2D eigenvalue weighted by atomic mass is 32.2. The molecule has 0 aliphatic heterocycles. The second kappa shape index (κ2) is 9.03. The second-order valence-electron chi connectivity index (χ2n) is 7.55. The first kappa shape index (κ1) is 21.7. The van der Waals surface area contributed by atoms with Crippen LogP contribution in [0.5, 0.6) is 0 Å². The van der Waals surface area contributed by atoms with E-state index in [2.05, 4.69) is 15.6 Å². The Hall–Kier alpha value is -1.64. The van der Waals surface area contributed by atoms with Crippen LogP contribution in [-0.2, 0) is 9.84 Å². The highest BCUT2D eigenvalue weighted by molar-refractivity contribution is 7.90. The van der Waals surface area contributed by atoms with Gasteiger partial charge in [0.15, 0.2) is 5.96 Å². The molecule has 0 saturated heterocycles. The smallest absolute Gasteiger partial charge is 0.191 e. The Bertz CT molecular complexity index is 855. The van der Waals surface area contributed by atoms with Crippen molar-refractivity contribution in [3.8, 4) is 0 Å². The molecule has 1 aromatic carbocycles. The Morgan fingerprint density at radius 2 is 2.00 bits per heavy atom. The topological polar surface area (TPSA) is 90.8 Å². The molecule has 2 rings (SSSR count). The number of nitrogens with one attached hydrogen (secondary N) is 2. The lowest BCUT2D eigenvalue weighted by atomic mass is 9.90. The maximum atomic E-state index is 11.4. The van der Waals surface area contributed by atoms with E-state index in [9.17, 15) is 13.5 Å². The Kier molecular flexibility index (Phi) is 7.25. The van der Waals surface area contributed by atoms with E-state index < -0.39 is 15.9 Å². The molecule has 27 heavy (non-hydrogen) atoms. The average Bonchev–Trinajstić information content (AvgIpc) is 3.04. The highest BCUT2D eigenvalue weighted by Gasteiger charge is 2.21. The molecule has 3 N–H and O–H groups in total. The van der Waals surface area contributed by atoms with Gasteiger partial charge in [-0.1, -0.05) is 32.0 Å². The first-order chi connectivity index (χ1) is 12.6. The molecule has 2 aromatic rings. The highest BCUT2D eigenvalue weighted by Crippen LogP contribution is 2.29. The number of hydrogen-bond donors (Lipinski definition) is 3. The molecule has 0 amide bonds. The van der Waals surface area contributed by atoms with Crippen LogP contribution in [0.2, 0.25) is 0 Å². The molecule has 0 aliphatic carbocycles. The SMILES string of the molecule is CN=C(NCC(O)c1cc2ccccc2s1)NCC(C)(C)CCS(C)(=O)=O. The van der Waals surface area contributed by atoms with Gasteiger partial charge in [-0.05, 0) is 29.4 Å². The third-order valence-electron chi connectivity index (χ3n) is 4.34. The molecule has 0 saturated carbocycles. The predicted molar refractivity (Wildman–Crippen MR) is 114 cm³/mol. The van der Waals surface area contributed by atoms with Crippen molar-refractivity contribution in [1.29, 1.82) is 0 Å². The van der Waals surface area contributed by atoms with Crippen molar-refractivity contribution in [2.75, 3.05) is 32.1 Å². The fraction of sp³-hybridized carbons (Fsp3) is 0.526. The summed E-state index contributed by atoms with van der Waals surface area (Å²) in [5, 5.41) is 17.9. The zero-order chi connectivity index (χ0) is 20.1. The normalized spacial score (nSPS) is 14.3. The summed E-state index contributed by atoms with van der Waals surface area (Å²) in [6.45, 7) is 4.96. The van der Waals surface area contributed by atoms with E-state index in [1.807, 2.05) is 44.2 Å². The van der Waals surface area contributed by atoms with Crippen molar-refractivity contribution in [1.82, 2.24) is 10.6 Å². The van der Waals surface area contributed by atoms with Gasteiger partial charge in [-0.3, -0.25) is 4.99 Å². The van der Waals surface area contributed by atoms with Gasteiger partial charge in [0.1, 0.15) is 15.9 Å². The van der Waals surface area contributed by atoms with E-state index in [1.165, 1.54) is 6.26 Å². The minimum Gasteiger partial charge on any atom is -0.386 e. The fourth-order valence-electron chi connectivity index (χ4n) is 2.55. The van der Waals surface area contributed by atoms with Gasteiger partial charge in [0.2, 0.25) is 0 Å². The number of sulfone groups is 1. The van der Waals surface area contributed by atoms with E-state index in [0.29, 0.717) is 25.5 Å². The number of hydrogen-bond acceptors (Lipinski definition) is 5. The van der Waals surface area contributed by atoms with Crippen LogP contribution in [-0.4, -0.2) is 51.6 Å². The van der Waals surface area contributed by atoms with Crippen LogP contribution >= 0.6 is 11.3 Å². The van der Waals surface area contributed by atoms with Crippen molar-refractivity contribution >= 4 is 37.2 Å². The molecule has 0 spiro atoms. The first-order valence-electron chi connectivity index (χ1n) is 8.88. The Balaban J connectivity index is 1.85. The molecule has 0 bridgehead atoms. The summed E-state index contributed by atoms with van der Waals surface area (Å²) < 4.78 is 23.9. The van der Waals surface area contributed by atoms with E-state index in [1.54, 1.807) is 18.4 Å². The van der Waals surface area contributed by atoms with Gasteiger partial charge < -0.3 is 15.7 Å². The van der Waals surface area contributed by atoms with Crippen LogP contribution in [0.3, 0.4) is 0 Å². The van der Waals surface area contributed by atoms with Crippen molar-refractivity contribution in [3.63, 3.8) is 0 Å². The molecule has 1 atom stereocenters. The quantitative estimate of drug-likeness (QED) is 0.459. The summed E-state index contributed by atoms with van der Waals surface area (Å²) in [7, 11) is -1.30. The lowest BCUT2D eigenvalue weighted by Gasteiger charge is -2.26. The van der Waals surface area contributed by atoms with Gasteiger partial charge in [-0.25, -0.2) is 8.42 Å². The summed E-state index contributed by atoms with van der Waals surface area (Å²) in [6, 6.07) is 10.1. The lowest BCUT2D eigenvalue weighted by Crippen LogP contribution is -2.43. The molecule has 1 aromatic heterocycles. The lowest BCUT2D eigenvalue weighted by molar-refractivity contribution is 0.184. The standard InChI is InChI=1S/C19H29N3O3S2/c1-19(2,9-10-27(4,24)25)13-22-18(20-3)21-12-15(23)17-11-14-7-5-6-8-16(14)26-17/h5-8,11,15,23H,9-10,12-13H2,1-4H3,(H2,20,21,22). The van der Waals surface area contributed by atoms with Gasteiger partial charge in [0.05, 0.1) is 5.75 Å². The summed E-state index contributed by atoms with van der Waals surface area (Å²) >= 11 is 1.58. The number of rotatable bonds is 8. The number of aliphatic imine (C=N–C) groups is 1. The van der Waals surface area contributed by atoms with E-state index in [0.717, 1.165) is 15.0 Å². The largest absolute Gasteiger partial charge is 0.386 e. The van der Waals surface area contributed by atoms with Crippen LogP contribution in [0.25, 0.3) is 10.1 Å². The van der Waals surface area contributed by atoms with E-state index >= 15 is 0 Å². The first-order valence-corrected chi connectivity index (χ1v) is 11.8. The number of nitrogens with zero attached hydrogens (tertiary/aromatic N) is 1. The van der Waals surface area contributed by atoms with Crippen LogP contribution in [0.1, 0.15) is 31.2 Å². The van der Waals surface area contributed by atoms with Gasteiger partial charge in [0, 0.05) is 36.0 Å². The van der Waals surface area contributed by atoms with E-state index in [-0.39, 0.29) is 11.2 Å². The molecule has 0 aliphatic rings. The predicted octanol–water partition coefficient (Wildman–Crippen LogP) is 2.56. The Morgan fingerprint density at radius 3 is 2.63 bits per heavy atom. The van der Waals surface area contributed by atoms with Gasteiger partial charge >= 0.3 is 0 Å². The molecule has 1 unspecified atom stereocenters. The molecule has 0 fully saturated rings. The van der Waals surface area contributed by atoms with Crippen molar-refractivity contribution < 1.29 is 13.5 Å². The molecular weight excluding hydrogens is 382 g/mol. The summed E-state index contributed by atoms with van der Waals surface area (Å²) in [5.74, 6) is 0.751. The van der Waals surface area contributed by atoms with Crippen LogP contribution in [0.4, 0.5) is 0 Å². The number of aliphatic hydroxyl groups excluding tert-OH is 1. The number of thiophene rings is 1. The minimum absolute atomic E-state index is 0.165. The van der Waals surface area contributed by atoms with E-state index in [4.69, 9.17) is 0 Å². The zero-order valence-corrected chi connectivity index (χ0v) is 18.0. The average molecular weight is 412 g/mol. The summed E-state index contributed by atoms with van der Waals surface area (Å²) in [5.41, 5.74) is -0.190. The number of guanidine groups is 1. The van der Waals surface area contributed by atoms with Crippen molar-refractivity contribution in [2.45, 2.75) is 26.4 Å². The zero-order valence-electron chi connectivity index (χ0n) is 16.3. The molecule has 6 nitrogen and oxygen atoms in total. The van der Waals surface area contributed by atoms with Crippen molar-refractivity contribution in [2.24, 2.45) is 10.4 Å². The third kappa shape index (κ3) is 7.12. The van der Waals surface area contributed by atoms with Gasteiger partial charge in [0.25, 0.3) is 0 Å². The summed E-state index contributed by atoms with van der Waals surface area (Å²) in [6.07, 6.45) is 1.20. The maximum absolute atomic E-state index is 11.4. The molecule has 0 radical (unpaired) electrons. The second-order valence-corrected chi connectivity index (χ2v) is 10.9. The fourth-order valence-corrected chi connectivity index (χ4v) is 4.53. The minimum atomic E-state index is -2.97. The molecule has 150 valence electrons. The van der Waals surface area contributed by atoms with Crippen LogP contribution in [0.15, 0.2) is 35.3 Å². The number of benzene rings is 1. The summed E-state index contributed by atoms with van der Waals surface area (Å²) in [4.78, 5) is 5.09. The maximum Gasteiger partial charge on any atom is 0.191 e. The van der Waals surface area contributed by atoms with Gasteiger partial charge in [-0.15, -0.1) is 11.3 Å². The Labute approximate surface area is 165 Å². The molecule has 1 heterocycles.